The summed E-state index contributed by atoms with van der Waals surface area (Å²) in [6.45, 7) is 0.422. The van der Waals surface area contributed by atoms with Crippen molar-refractivity contribution in [1.29, 1.82) is 0 Å². The molecule has 2 heterocycles. The molecule has 2 fully saturated rings. The first-order chi connectivity index (χ1) is 13.2. The second kappa shape index (κ2) is 7.50. The van der Waals surface area contributed by atoms with Crippen LogP contribution in [0.1, 0.15) is 38.0 Å². The largest absolute Gasteiger partial charge is 0.497 e. The molecule has 2 aromatic rings. The third kappa shape index (κ3) is 3.46. The molecule has 142 valence electrons. The van der Waals surface area contributed by atoms with Crippen LogP contribution in [0.4, 0.5) is 0 Å². The van der Waals surface area contributed by atoms with Crippen LogP contribution < -0.4 is 4.74 Å². The minimum Gasteiger partial charge on any atom is -0.497 e. The van der Waals surface area contributed by atoms with E-state index in [9.17, 15) is 9.59 Å². The Morgan fingerprint density at radius 1 is 1.11 bits per heavy atom. The molecule has 0 bridgehead atoms. The summed E-state index contributed by atoms with van der Waals surface area (Å²) >= 11 is 0. The molecule has 1 aromatic carbocycles. The molecular weight excluding hydrogens is 346 g/mol. The third-order valence-electron chi connectivity index (χ3n) is 5.52. The van der Waals surface area contributed by atoms with E-state index in [1.165, 1.54) is 4.90 Å². The van der Waals surface area contributed by atoms with Gasteiger partial charge in [-0.3, -0.25) is 14.5 Å². The average Bonchev–Trinajstić information content (AvgIpc) is 3.27. The van der Waals surface area contributed by atoms with Gasteiger partial charge in [0.1, 0.15) is 5.75 Å². The Balaban J connectivity index is 1.34. The van der Waals surface area contributed by atoms with Gasteiger partial charge in [-0.15, -0.1) is 0 Å². The summed E-state index contributed by atoms with van der Waals surface area (Å²) < 4.78 is 10.4. The lowest BCUT2D eigenvalue weighted by atomic mass is 9.81. The van der Waals surface area contributed by atoms with Crippen LogP contribution >= 0.6 is 0 Å². The van der Waals surface area contributed by atoms with Crippen molar-refractivity contribution in [2.75, 3.05) is 13.7 Å². The Kier molecular flexibility index (Phi) is 4.92. The van der Waals surface area contributed by atoms with E-state index in [1.54, 1.807) is 7.11 Å². The monoisotopic (exact) mass is 369 g/mol. The molecule has 0 unspecified atom stereocenters. The highest BCUT2D eigenvalue weighted by molar-refractivity contribution is 6.05. The van der Waals surface area contributed by atoms with E-state index in [2.05, 4.69) is 10.1 Å². The number of carbonyl (C=O) groups is 2. The van der Waals surface area contributed by atoms with Crippen LogP contribution in [-0.2, 0) is 16.0 Å². The fourth-order valence-electron chi connectivity index (χ4n) is 4.05. The van der Waals surface area contributed by atoms with Gasteiger partial charge in [0.05, 0.1) is 18.9 Å². The number of hydrogen-bond donors (Lipinski definition) is 0. The molecule has 7 heteroatoms. The zero-order chi connectivity index (χ0) is 18.8. The predicted molar refractivity (Wildman–Crippen MR) is 96.8 cm³/mol. The van der Waals surface area contributed by atoms with E-state index in [0.717, 1.165) is 37.0 Å². The van der Waals surface area contributed by atoms with Crippen LogP contribution in [0.2, 0.25) is 0 Å². The van der Waals surface area contributed by atoms with E-state index < -0.39 is 0 Å². The molecule has 1 aliphatic heterocycles. The number of fused-ring (bicyclic) bond motifs is 1. The first-order valence-electron chi connectivity index (χ1n) is 9.49. The Bertz CT molecular complexity index is 806. The number of methoxy groups -OCH3 is 1. The number of ether oxygens (including phenoxy) is 1. The van der Waals surface area contributed by atoms with Gasteiger partial charge >= 0.3 is 0 Å². The molecular formula is C20H23N3O4. The lowest BCUT2D eigenvalue weighted by Gasteiger charge is -2.19. The average molecular weight is 369 g/mol. The van der Waals surface area contributed by atoms with Crippen molar-refractivity contribution >= 4 is 11.8 Å². The highest BCUT2D eigenvalue weighted by Gasteiger charge is 2.47. The number of likely N-dealkylation sites (tertiary alicyclic amines) is 1. The van der Waals surface area contributed by atoms with Crippen molar-refractivity contribution in [1.82, 2.24) is 15.0 Å². The SMILES string of the molecule is COc1ccc(-c2noc(CCCN3C(=O)[C@H]4CCCC[C@@H]4C3=O)n2)cc1. The number of imide groups is 1. The van der Waals surface area contributed by atoms with Crippen molar-refractivity contribution in [3.05, 3.63) is 30.2 Å². The number of benzene rings is 1. The predicted octanol–water partition coefficient (Wildman–Crippen LogP) is 2.85. The number of amides is 2. The summed E-state index contributed by atoms with van der Waals surface area (Å²) in [7, 11) is 1.62. The summed E-state index contributed by atoms with van der Waals surface area (Å²) in [6.07, 6.45) is 4.95. The van der Waals surface area contributed by atoms with Gasteiger partial charge in [-0.1, -0.05) is 18.0 Å². The van der Waals surface area contributed by atoms with Crippen LogP contribution in [0.15, 0.2) is 28.8 Å². The van der Waals surface area contributed by atoms with E-state index >= 15 is 0 Å². The van der Waals surface area contributed by atoms with Gasteiger partial charge in [0, 0.05) is 18.5 Å². The number of hydrogen-bond acceptors (Lipinski definition) is 6. The van der Waals surface area contributed by atoms with Gasteiger partial charge in [-0.2, -0.15) is 4.98 Å². The molecule has 2 aliphatic rings. The summed E-state index contributed by atoms with van der Waals surface area (Å²) in [6, 6.07) is 7.43. The van der Waals surface area contributed by atoms with Crippen molar-refractivity contribution in [2.45, 2.75) is 38.5 Å². The smallest absolute Gasteiger partial charge is 0.233 e. The highest BCUT2D eigenvalue weighted by atomic mass is 16.5. The zero-order valence-electron chi connectivity index (χ0n) is 15.4. The first-order valence-corrected chi connectivity index (χ1v) is 9.49. The number of aryl methyl sites for hydroxylation is 1. The number of aromatic nitrogens is 2. The van der Waals surface area contributed by atoms with Gasteiger partial charge in [0.2, 0.25) is 23.5 Å². The van der Waals surface area contributed by atoms with Gasteiger partial charge in [0.15, 0.2) is 0 Å². The Morgan fingerprint density at radius 2 is 1.78 bits per heavy atom. The summed E-state index contributed by atoms with van der Waals surface area (Å²) in [5, 5.41) is 4.01. The molecule has 0 N–H and O–H groups in total. The molecule has 4 rings (SSSR count). The summed E-state index contributed by atoms with van der Waals surface area (Å²) in [4.78, 5) is 30.8. The fourth-order valence-corrected chi connectivity index (χ4v) is 4.05. The maximum absolute atomic E-state index is 12.5. The first kappa shape index (κ1) is 17.7. The van der Waals surface area contributed by atoms with Crippen LogP contribution in [0.3, 0.4) is 0 Å². The molecule has 2 amide bonds. The van der Waals surface area contributed by atoms with E-state index in [-0.39, 0.29) is 23.7 Å². The van der Waals surface area contributed by atoms with Crippen LogP contribution in [0.5, 0.6) is 5.75 Å². The van der Waals surface area contributed by atoms with Gasteiger partial charge in [0.25, 0.3) is 0 Å². The van der Waals surface area contributed by atoms with Crippen LogP contribution in [0, 0.1) is 11.8 Å². The minimum atomic E-state index is -0.0867. The molecule has 0 radical (unpaired) electrons. The topological polar surface area (TPSA) is 85.5 Å². The van der Waals surface area contributed by atoms with Crippen molar-refractivity contribution < 1.29 is 18.8 Å². The number of carbonyl (C=O) groups excluding carboxylic acids is 2. The van der Waals surface area contributed by atoms with E-state index in [4.69, 9.17) is 9.26 Å². The Labute approximate surface area is 157 Å². The minimum absolute atomic E-state index is 0.00847. The quantitative estimate of drug-likeness (QED) is 0.728. The molecule has 2 atom stereocenters. The van der Waals surface area contributed by atoms with Crippen molar-refractivity contribution in [3.63, 3.8) is 0 Å². The summed E-state index contributed by atoms with van der Waals surface area (Å²) in [5.74, 6) is 1.64. The van der Waals surface area contributed by atoms with Gasteiger partial charge in [-0.25, -0.2) is 0 Å². The molecule has 1 aromatic heterocycles. The maximum Gasteiger partial charge on any atom is 0.233 e. The maximum atomic E-state index is 12.5. The fraction of sp³-hybridized carbons (Fsp3) is 0.500. The number of nitrogens with zero attached hydrogens (tertiary/aromatic N) is 3. The lowest BCUT2D eigenvalue weighted by Crippen LogP contribution is -2.32. The molecule has 1 aliphatic carbocycles. The normalized spacial score (nSPS) is 22.2. The second-order valence-corrected chi connectivity index (χ2v) is 7.17. The highest BCUT2D eigenvalue weighted by Crippen LogP contribution is 2.38. The Hall–Kier alpha value is -2.70. The molecule has 27 heavy (non-hydrogen) atoms. The van der Waals surface area contributed by atoms with E-state index in [1.807, 2.05) is 24.3 Å². The Morgan fingerprint density at radius 3 is 2.41 bits per heavy atom. The van der Waals surface area contributed by atoms with Crippen LogP contribution in [-0.4, -0.2) is 40.5 Å². The standard InChI is InChI=1S/C20H23N3O4/c1-26-14-10-8-13(9-11-14)18-21-17(27-22-18)7-4-12-23-19(24)15-5-2-3-6-16(15)20(23)25/h8-11,15-16H,2-7,12H2,1H3/t15-,16-/m0/s1. The molecule has 0 spiro atoms. The van der Waals surface area contributed by atoms with Gasteiger partial charge in [-0.05, 0) is 43.5 Å². The number of rotatable bonds is 6. The third-order valence-corrected chi connectivity index (χ3v) is 5.52. The summed E-state index contributed by atoms with van der Waals surface area (Å²) in [5.41, 5.74) is 0.847. The van der Waals surface area contributed by atoms with E-state index in [0.29, 0.717) is 31.1 Å². The lowest BCUT2D eigenvalue weighted by molar-refractivity contribution is -0.139. The zero-order valence-corrected chi connectivity index (χ0v) is 15.4. The van der Waals surface area contributed by atoms with Crippen LogP contribution in [0.25, 0.3) is 11.4 Å². The molecule has 1 saturated heterocycles. The molecule has 7 nitrogen and oxygen atoms in total. The molecule has 1 saturated carbocycles. The van der Waals surface area contributed by atoms with Crippen molar-refractivity contribution in [2.24, 2.45) is 11.8 Å². The second-order valence-electron chi connectivity index (χ2n) is 7.17. The van der Waals surface area contributed by atoms with Crippen molar-refractivity contribution in [3.8, 4) is 17.1 Å². The van der Waals surface area contributed by atoms with Gasteiger partial charge < -0.3 is 9.26 Å².